The van der Waals surface area contributed by atoms with E-state index >= 15 is 0 Å². The summed E-state index contributed by atoms with van der Waals surface area (Å²) in [6, 6.07) is 11.7. The van der Waals surface area contributed by atoms with Crippen molar-refractivity contribution in [2.24, 2.45) is 0 Å². The van der Waals surface area contributed by atoms with Crippen LogP contribution in [0, 0.1) is 11.3 Å². The molecule has 3 rings (SSSR count). The van der Waals surface area contributed by atoms with Gasteiger partial charge in [-0.25, -0.2) is 0 Å². The molecule has 0 heterocycles. The lowest BCUT2D eigenvalue weighted by Crippen LogP contribution is -2.48. The molecule has 0 radical (unpaired) electrons. The zero-order valence-electron chi connectivity index (χ0n) is 12.2. The van der Waals surface area contributed by atoms with E-state index in [0.29, 0.717) is 6.04 Å². The minimum Gasteiger partial charge on any atom is -0.293 e. The number of nitrogens with one attached hydrogen (secondary N) is 1. The van der Waals surface area contributed by atoms with Crippen LogP contribution in [0.15, 0.2) is 24.3 Å². The van der Waals surface area contributed by atoms with E-state index in [4.69, 9.17) is 0 Å². The van der Waals surface area contributed by atoms with Crippen molar-refractivity contribution in [3.05, 3.63) is 35.4 Å². The average Bonchev–Trinajstić information content (AvgIpc) is 2.69. The summed E-state index contributed by atoms with van der Waals surface area (Å²) in [7, 11) is 0. The highest BCUT2D eigenvalue weighted by molar-refractivity contribution is 5.39. The fourth-order valence-electron chi connectivity index (χ4n) is 3.89. The normalized spacial score (nSPS) is 27.4. The summed E-state index contributed by atoms with van der Waals surface area (Å²) in [4.78, 5) is 0. The first kappa shape index (κ1) is 13.6. The molecule has 0 aromatic heterocycles. The van der Waals surface area contributed by atoms with Crippen molar-refractivity contribution < 1.29 is 0 Å². The molecule has 0 amide bonds. The van der Waals surface area contributed by atoms with E-state index in [0.717, 1.165) is 19.3 Å². The number of fused-ring (bicyclic) bond motifs is 1. The van der Waals surface area contributed by atoms with E-state index in [1.54, 1.807) is 0 Å². The van der Waals surface area contributed by atoms with Crippen LogP contribution in [-0.2, 0) is 12.0 Å². The van der Waals surface area contributed by atoms with Crippen molar-refractivity contribution in [1.82, 2.24) is 5.32 Å². The molecular formula is C18H24N2. The molecule has 1 N–H and O–H groups in total. The van der Waals surface area contributed by atoms with Gasteiger partial charge in [-0.15, -0.1) is 0 Å². The quantitative estimate of drug-likeness (QED) is 0.821. The second-order valence-electron chi connectivity index (χ2n) is 6.36. The zero-order chi connectivity index (χ0) is 13.8. The van der Waals surface area contributed by atoms with Gasteiger partial charge in [-0.2, -0.15) is 5.26 Å². The average molecular weight is 268 g/mol. The summed E-state index contributed by atoms with van der Waals surface area (Å²) in [6.07, 6.45) is 10.8. The Labute approximate surface area is 122 Å². The molecule has 1 saturated carbocycles. The maximum Gasteiger partial charge on any atom is 0.132 e. The summed E-state index contributed by atoms with van der Waals surface area (Å²) in [5.41, 5.74) is 2.16. The lowest BCUT2D eigenvalue weighted by molar-refractivity contribution is 0.283. The topological polar surface area (TPSA) is 35.8 Å². The smallest absolute Gasteiger partial charge is 0.132 e. The van der Waals surface area contributed by atoms with Gasteiger partial charge in [-0.3, -0.25) is 5.32 Å². The molecular weight excluding hydrogens is 244 g/mol. The molecule has 1 fully saturated rings. The number of nitriles is 1. The molecule has 20 heavy (non-hydrogen) atoms. The summed E-state index contributed by atoms with van der Waals surface area (Å²) in [6.45, 7) is 0. The van der Waals surface area contributed by atoms with Crippen LogP contribution in [0.2, 0.25) is 0 Å². The molecule has 0 aliphatic heterocycles. The molecule has 1 atom stereocenters. The van der Waals surface area contributed by atoms with Gasteiger partial charge in [0.1, 0.15) is 5.54 Å². The van der Waals surface area contributed by atoms with Crippen LogP contribution in [0.1, 0.15) is 62.5 Å². The molecule has 1 aromatic rings. The monoisotopic (exact) mass is 268 g/mol. The van der Waals surface area contributed by atoms with E-state index in [2.05, 4.69) is 35.7 Å². The molecule has 0 saturated heterocycles. The summed E-state index contributed by atoms with van der Waals surface area (Å²) in [5, 5.41) is 13.7. The van der Waals surface area contributed by atoms with E-state index in [1.165, 1.54) is 49.7 Å². The van der Waals surface area contributed by atoms with Crippen molar-refractivity contribution >= 4 is 0 Å². The highest BCUT2D eigenvalue weighted by atomic mass is 15.0. The van der Waals surface area contributed by atoms with Gasteiger partial charge < -0.3 is 0 Å². The predicted molar refractivity (Wildman–Crippen MR) is 81.3 cm³/mol. The maximum atomic E-state index is 9.93. The van der Waals surface area contributed by atoms with Crippen LogP contribution >= 0.6 is 0 Å². The van der Waals surface area contributed by atoms with E-state index < -0.39 is 5.54 Å². The van der Waals surface area contributed by atoms with Crippen molar-refractivity contribution in [2.45, 2.75) is 69.4 Å². The maximum absolute atomic E-state index is 9.93. The minimum absolute atomic E-state index is 0.449. The summed E-state index contributed by atoms with van der Waals surface area (Å²) in [5.74, 6) is 0. The van der Waals surface area contributed by atoms with Gasteiger partial charge >= 0.3 is 0 Å². The van der Waals surface area contributed by atoms with Crippen molar-refractivity contribution in [2.75, 3.05) is 0 Å². The highest BCUT2D eigenvalue weighted by Crippen LogP contribution is 2.35. The third kappa shape index (κ3) is 2.60. The van der Waals surface area contributed by atoms with Gasteiger partial charge in [0.25, 0.3) is 0 Å². The Kier molecular flexibility index (Phi) is 4.08. The van der Waals surface area contributed by atoms with Gasteiger partial charge in [0, 0.05) is 6.04 Å². The molecule has 106 valence electrons. The van der Waals surface area contributed by atoms with Crippen LogP contribution in [-0.4, -0.2) is 6.04 Å². The van der Waals surface area contributed by atoms with Crippen LogP contribution < -0.4 is 5.32 Å². The van der Waals surface area contributed by atoms with Gasteiger partial charge in [-0.1, -0.05) is 43.5 Å². The number of aryl methyl sites for hydroxylation is 1. The highest BCUT2D eigenvalue weighted by Gasteiger charge is 2.37. The Morgan fingerprint density at radius 3 is 2.65 bits per heavy atom. The fraction of sp³-hybridized carbons (Fsp3) is 0.611. The summed E-state index contributed by atoms with van der Waals surface area (Å²) < 4.78 is 0. The Balaban J connectivity index is 1.92. The Morgan fingerprint density at radius 1 is 1.05 bits per heavy atom. The fourth-order valence-corrected chi connectivity index (χ4v) is 3.89. The Morgan fingerprint density at radius 2 is 1.85 bits per heavy atom. The number of nitrogens with zero attached hydrogens (tertiary/aromatic N) is 1. The summed E-state index contributed by atoms with van der Waals surface area (Å²) >= 11 is 0. The molecule has 0 spiro atoms. The van der Waals surface area contributed by atoms with Gasteiger partial charge in [-0.05, 0) is 49.7 Å². The molecule has 2 aliphatic rings. The number of hydrogen-bond acceptors (Lipinski definition) is 2. The van der Waals surface area contributed by atoms with Crippen molar-refractivity contribution in [3.8, 4) is 6.07 Å². The number of rotatable bonds is 2. The SMILES string of the molecule is N#CC1(NC2CCCCC2)CCCCc2ccccc21. The molecule has 1 unspecified atom stereocenters. The molecule has 2 nitrogen and oxygen atoms in total. The second-order valence-corrected chi connectivity index (χ2v) is 6.36. The van der Waals surface area contributed by atoms with Crippen LogP contribution in [0.25, 0.3) is 0 Å². The first-order valence-electron chi connectivity index (χ1n) is 8.11. The molecule has 0 bridgehead atoms. The van der Waals surface area contributed by atoms with Gasteiger partial charge in [0.15, 0.2) is 0 Å². The Hall–Kier alpha value is -1.33. The number of hydrogen-bond donors (Lipinski definition) is 1. The minimum atomic E-state index is -0.449. The predicted octanol–water partition coefficient (Wildman–Crippen LogP) is 4.05. The van der Waals surface area contributed by atoms with E-state index in [-0.39, 0.29) is 0 Å². The molecule has 2 aliphatic carbocycles. The van der Waals surface area contributed by atoms with Crippen molar-refractivity contribution in [3.63, 3.8) is 0 Å². The zero-order valence-corrected chi connectivity index (χ0v) is 12.2. The Bertz CT molecular complexity index is 496. The lowest BCUT2D eigenvalue weighted by atomic mass is 9.83. The van der Waals surface area contributed by atoms with Gasteiger partial charge in [0.05, 0.1) is 6.07 Å². The van der Waals surface area contributed by atoms with E-state index in [9.17, 15) is 5.26 Å². The van der Waals surface area contributed by atoms with Crippen molar-refractivity contribution in [1.29, 1.82) is 5.26 Å². The first-order valence-corrected chi connectivity index (χ1v) is 8.11. The van der Waals surface area contributed by atoms with Crippen LogP contribution in [0.3, 0.4) is 0 Å². The third-order valence-corrected chi connectivity index (χ3v) is 4.97. The van der Waals surface area contributed by atoms with Gasteiger partial charge in [0.2, 0.25) is 0 Å². The first-order chi connectivity index (χ1) is 9.84. The standard InChI is InChI=1S/C18H24N2/c19-14-18(20-16-10-2-1-3-11-16)13-7-6-9-15-8-4-5-12-17(15)18/h4-5,8,12,16,20H,1-3,6-7,9-11,13H2. The number of benzene rings is 1. The molecule has 1 aromatic carbocycles. The van der Waals surface area contributed by atoms with Crippen LogP contribution in [0.5, 0.6) is 0 Å². The van der Waals surface area contributed by atoms with E-state index in [1.807, 2.05) is 0 Å². The largest absolute Gasteiger partial charge is 0.293 e. The van der Waals surface area contributed by atoms with Crippen LogP contribution in [0.4, 0.5) is 0 Å². The third-order valence-electron chi connectivity index (χ3n) is 4.97. The second kappa shape index (κ2) is 5.97. The lowest BCUT2D eigenvalue weighted by Gasteiger charge is -2.35. The molecule has 2 heteroatoms.